The Labute approximate surface area is 165 Å². The normalized spacial score (nSPS) is 11.0. The molecule has 0 heterocycles. The number of carbonyl (C=O) groups excluding carboxylic acids is 1. The van der Waals surface area contributed by atoms with E-state index in [0.29, 0.717) is 12.1 Å². The fourth-order valence-corrected chi connectivity index (χ4v) is 3.07. The number of methoxy groups -OCH3 is 1. The van der Waals surface area contributed by atoms with Crippen LogP contribution < -0.4 is 14.8 Å². The minimum absolute atomic E-state index is 0.0715. The number of alkyl halides is 2. The third-order valence-electron chi connectivity index (χ3n) is 3.53. The summed E-state index contributed by atoms with van der Waals surface area (Å²) < 4.78 is 46.8. The number of amides is 1. The van der Waals surface area contributed by atoms with E-state index >= 15 is 0 Å². The second-order valence-electron chi connectivity index (χ2n) is 5.57. The van der Waals surface area contributed by atoms with Crippen molar-refractivity contribution in [1.82, 2.24) is 5.32 Å². The van der Waals surface area contributed by atoms with Crippen LogP contribution in [-0.4, -0.2) is 31.9 Å². The van der Waals surface area contributed by atoms with E-state index in [4.69, 9.17) is 4.74 Å². The largest absolute Gasteiger partial charge is 0.493 e. The molecule has 2 aromatic rings. The van der Waals surface area contributed by atoms with E-state index < -0.39 is 6.61 Å². The lowest BCUT2D eigenvalue weighted by molar-refractivity contribution is -0.116. The Morgan fingerprint density at radius 2 is 1.93 bits per heavy atom. The topological polar surface area (TPSA) is 47.6 Å². The van der Waals surface area contributed by atoms with E-state index in [1.165, 1.54) is 37.5 Å². The van der Waals surface area contributed by atoms with Crippen molar-refractivity contribution in [3.63, 3.8) is 0 Å². The third kappa shape index (κ3) is 7.56. The second kappa shape index (κ2) is 11.3. The molecule has 28 heavy (non-hydrogen) atoms. The molecule has 0 atom stereocenters. The first-order chi connectivity index (χ1) is 13.5. The van der Waals surface area contributed by atoms with Crippen LogP contribution in [0.5, 0.6) is 11.5 Å². The number of nitrogens with one attached hydrogen (secondary N) is 1. The number of benzene rings is 2. The molecule has 0 radical (unpaired) electrons. The molecule has 1 amide bonds. The first-order valence-electron chi connectivity index (χ1n) is 8.45. The van der Waals surface area contributed by atoms with Crippen LogP contribution in [0.15, 0.2) is 53.4 Å². The SMILES string of the molecule is COc1cc(C=CC(=O)NCCCSc2ccc(F)cc2)ccc1OC(F)F. The minimum Gasteiger partial charge on any atom is -0.493 e. The maximum atomic E-state index is 12.8. The molecule has 0 aliphatic carbocycles. The highest BCUT2D eigenvalue weighted by atomic mass is 32.2. The van der Waals surface area contributed by atoms with Crippen LogP contribution in [0.4, 0.5) is 13.2 Å². The highest BCUT2D eigenvalue weighted by Crippen LogP contribution is 2.29. The van der Waals surface area contributed by atoms with E-state index in [1.807, 2.05) is 0 Å². The Morgan fingerprint density at radius 3 is 2.61 bits per heavy atom. The molecular formula is C20H20F3NO3S. The predicted molar refractivity (Wildman–Crippen MR) is 103 cm³/mol. The highest BCUT2D eigenvalue weighted by molar-refractivity contribution is 7.99. The lowest BCUT2D eigenvalue weighted by Crippen LogP contribution is -2.22. The Morgan fingerprint density at radius 1 is 1.18 bits per heavy atom. The Hall–Kier alpha value is -2.61. The van der Waals surface area contributed by atoms with Gasteiger partial charge in [-0.15, -0.1) is 11.8 Å². The van der Waals surface area contributed by atoms with Gasteiger partial charge >= 0.3 is 6.61 Å². The van der Waals surface area contributed by atoms with E-state index in [1.54, 1.807) is 36.0 Å². The van der Waals surface area contributed by atoms with Crippen LogP contribution in [-0.2, 0) is 4.79 Å². The molecule has 2 aromatic carbocycles. The van der Waals surface area contributed by atoms with Gasteiger partial charge in [-0.1, -0.05) is 6.07 Å². The number of ether oxygens (including phenoxy) is 2. The smallest absolute Gasteiger partial charge is 0.387 e. The van der Waals surface area contributed by atoms with Crippen molar-refractivity contribution in [3.05, 3.63) is 59.9 Å². The molecule has 0 aromatic heterocycles. The summed E-state index contributed by atoms with van der Waals surface area (Å²) >= 11 is 1.59. The average Bonchev–Trinajstić information content (AvgIpc) is 2.68. The van der Waals surface area contributed by atoms with Gasteiger partial charge in [-0.2, -0.15) is 8.78 Å². The van der Waals surface area contributed by atoms with Crippen molar-refractivity contribution in [1.29, 1.82) is 0 Å². The molecule has 0 aliphatic heterocycles. The number of thioether (sulfide) groups is 1. The van der Waals surface area contributed by atoms with Crippen LogP contribution >= 0.6 is 11.8 Å². The van der Waals surface area contributed by atoms with Crippen molar-refractivity contribution in [2.75, 3.05) is 19.4 Å². The summed E-state index contributed by atoms with van der Waals surface area (Å²) in [6, 6.07) is 10.7. The van der Waals surface area contributed by atoms with Crippen molar-refractivity contribution >= 4 is 23.7 Å². The number of hydrogen-bond donors (Lipinski definition) is 1. The van der Waals surface area contributed by atoms with Gasteiger partial charge < -0.3 is 14.8 Å². The highest BCUT2D eigenvalue weighted by Gasteiger charge is 2.10. The molecule has 1 N–H and O–H groups in total. The van der Waals surface area contributed by atoms with Gasteiger partial charge in [0, 0.05) is 17.5 Å². The molecule has 2 rings (SSSR count). The summed E-state index contributed by atoms with van der Waals surface area (Å²) in [5, 5.41) is 2.76. The van der Waals surface area contributed by atoms with Gasteiger partial charge in [0.2, 0.25) is 5.91 Å². The van der Waals surface area contributed by atoms with Crippen molar-refractivity contribution in [3.8, 4) is 11.5 Å². The van der Waals surface area contributed by atoms with E-state index in [-0.39, 0.29) is 23.2 Å². The summed E-state index contributed by atoms with van der Waals surface area (Å²) in [4.78, 5) is 12.8. The molecule has 0 bridgehead atoms. The van der Waals surface area contributed by atoms with Gasteiger partial charge in [0.15, 0.2) is 11.5 Å². The molecule has 0 aliphatic rings. The quantitative estimate of drug-likeness (QED) is 0.348. The van der Waals surface area contributed by atoms with Gasteiger partial charge in [0.1, 0.15) is 5.82 Å². The maximum Gasteiger partial charge on any atom is 0.387 e. The molecule has 0 unspecified atom stereocenters. The number of halogens is 3. The van der Waals surface area contributed by atoms with E-state index in [2.05, 4.69) is 10.1 Å². The molecule has 0 fully saturated rings. The van der Waals surface area contributed by atoms with Gasteiger partial charge in [0.05, 0.1) is 7.11 Å². The van der Waals surface area contributed by atoms with Crippen molar-refractivity contribution in [2.45, 2.75) is 17.9 Å². The first kappa shape index (κ1) is 21.7. The Kier molecular flexibility index (Phi) is 8.74. The standard InChI is InChI=1S/C20H20F3NO3S/c1-26-18-13-14(3-9-17(18)27-20(22)23)4-10-19(25)24-11-2-12-28-16-7-5-15(21)6-8-16/h3-10,13,20H,2,11-12H2,1H3,(H,24,25). The number of hydrogen-bond acceptors (Lipinski definition) is 4. The molecule has 4 nitrogen and oxygen atoms in total. The number of carbonyl (C=O) groups is 1. The zero-order chi connectivity index (χ0) is 20.4. The molecule has 0 saturated heterocycles. The van der Waals surface area contributed by atoms with Crippen LogP contribution in [0.3, 0.4) is 0 Å². The number of rotatable bonds is 10. The lowest BCUT2D eigenvalue weighted by Gasteiger charge is -2.10. The average molecular weight is 411 g/mol. The van der Waals surface area contributed by atoms with Crippen molar-refractivity contribution in [2.24, 2.45) is 0 Å². The molecule has 8 heteroatoms. The van der Waals surface area contributed by atoms with Crippen molar-refractivity contribution < 1.29 is 27.4 Å². The summed E-state index contributed by atoms with van der Waals surface area (Å²) in [5.41, 5.74) is 0.612. The van der Waals surface area contributed by atoms with E-state index in [9.17, 15) is 18.0 Å². The van der Waals surface area contributed by atoms with Gasteiger partial charge in [0.25, 0.3) is 0 Å². The van der Waals surface area contributed by atoms with Crippen LogP contribution in [0.1, 0.15) is 12.0 Å². The fourth-order valence-electron chi connectivity index (χ4n) is 2.22. The Balaban J connectivity index is 1.74. The van der Waals surface area contributed by atoms with E-state index in [0.717, 1.165) is 17.1 Å². The second-order valence-corrected chi connectivity index (χ2v) is 6.74. The van der Waals surface area contributed by atoms with Gasteiger partial charge in [-0.05, 0) is 60.2 Å². The molecule has 0 saturated carbocycles. The maximum absolute atomic E-state index is 12.8. The lowest BCUT2D eigenvalue weighted by atomic mass is 10.2. The van der Waals surface area contributed by atoms with Crippen LogP contribution in [0, 0.1) is 5.82 Å². The summed E-state index contributed by atoms with van der Waals surface area (Å²) in [7, 11) is 1.35. The third-order valence-corrected chi connectivity index (χ3v) is 4.63. The summed E-state index contributed by atoms with van der Waals surface area (Å²) in [6.45, 7) is -2.44. The zero-order valence-corrected chi connectivity index (χ0v) is 16.0. The first-order valence-corrected chi connectivity index (χ1v) is 9.43. The summed E-state index contributed by atoms with van der Waals surface area (Å²) in [6.07, 6.45) is 3.67. The van der Waals surface area contributed by atoms with Gasteiger partial charge in [-0.25, -0.2) is 4.39 Å². The van der Waals surface area contributed by atoms with Crippen LogP contribution in [0.2, 0.25) is 0 Å². The van der Waals surface area contributed by atoms with Crippen LogP contribution in [0.25, 0.3) is 6.08 Å². The Bertz CT molecular complexity index is 798. The predicted octanol–water partition coefficient (Wildman–Crippen LogP) is 4.75. The summed E-state index contributed by atoms with van der Waals surface area (Å²) in [5.74, 6) is 0.340. The zero-order valence-electron chi connectivity index (χ0n) is 15.2. The molecule has 150 valence electrons. The fraction of sp³-hybridized carbons (Fsp3) is 0.250. The monoisotopic (exact) mass is 411 g/mol. The minimum atomic E-state index is -2.94. The molecule has 0 spiro atoms. The van der Waals surface area contributed by atoms with Gasteiger partial charge in [-0.3, -0.25) is 4.79 Å². The molecular weight excluding hydrogens is 391 g/mol.